The molecule has 0 aliphatic rings. The number of aromatic amines is 1. The second-order valence-corrected chi connectivity index (χ2v) is 3.85. The lowest BCUT2D eigenvalue weighted by molar-refractivity contribution is 0.715. The van der Waals surface area contributed by atoms with Crippen molar-refractivity contribution >= 4 is 22.6 Å². The molecule has 2 rings (SSSR count). The zero-order chi connectivity index (χ0) is 10.1. The van der Waals surface area contributed by atoms with Gasteiger partial charge in [0.05, 0.1) is 9.77 Å². The zero-order valence-electron chi connectivity index (χ0n) is 7.23. The van der Waals surface area contributed by atoms with Crippen molar-refractivity contribution in [1.82, 2.24) is 25.0 Å². The summed E-state index contributed by atoms with van der Waals surface area (Å²) in [5, 5.41) is 7.58. The second-order valence-electron chi connectivity index (χ2n) is 2.69. The van der Waals surface area contributed by atoms with Crippen LogP contribution in [0.15, 0.2) is 17.2 Å². The van der Waals surface area contributed by atoms with E-state index < -0.39 is 0 Å². The Bertz CT molecular complexity index is 517. The number of halogens is 1. The van der Waals surface area contributed by atoms with Crippen molar-refractivity contribution < 1.29 is 0 Å². The fourth-order valence-electron chi connectivity index (χ4n) is 0.965. The Hall–Kier alpha value is -1.25. The van der Waals surface area contributed by atoms with Crippen LogP contribution in [0.4, 0.5) is 0 Å². The summed E-state index contributed by atoms with van der Waals surface area (Å²) in [6, 6.07) is 0. The molecule has 0 aliphatic carbocycles. The van der Waals surface area contributed by atoms with Crippen LogP contribution in [0.5, 0.6) is 0 Å². The summed E-state index contributed by atoms with van der Waals surface area (Å²) in [7, 11) is 1.75. The summed E-state index contributed by atoms with van der Waals surface area (Å²) in [6.07, 6.45) is 3.19. The molecular weight excluding hydrogens is 297 g/mol. The van der Waals surface area contributed by atoms with E-state index in [9.17, 15) is 4.79 Å². The van der Waals surface area contributed by atoms with Crippen LogP contribution in [0.1, 0.15) is 0 Å². The highest BCUT2D eigenvalue weighted by molar-refractivity contribution is 14.1. The largest absolute Gasteiger partial charge is 0.304 e. The van der Waals surface area contributed by atoms with Gasteiger partial charge in [-0.2, -0.15) is 0 Å². The fourth-order valence-corrected chi connectivity index (χ4v) is 1.24. The van der Waals surface area contributed by atoms with Gasteiger partial charge in [-0.25, -0.2) is 4.98 Å². The van der Waals surface area contributed by atoms with Gasteiger partial charge in [0.1, 0.15) is 5.69 Å². The molecule has 14 heavy (non-hydrogen) atoms. The molecule has 1 N–H and O–H groups in total. The van der Waals surface area contributed by atoms with E-state index in [1.807, 2.05) is 22.6 Å². The highest BCUT2D eigenvalue weighted by Crippen LogP contribution is 2.07. The van der Waals surface area contributed by atoms with Crippen LogP contribution >= 0.6 is 22.6 Å². The average molecular weight is 303 g/mol. The normalized spacial score (nSPS) is 10.4. The first-order valence-corrected chi connectivity index (χ1v) is 4.86. The number of aromatic nitrogens is 5. The lowest BCUT2D eigenvalue weighted by Crippen LogP contribution is -2.11. The van der Waals surface area contributed by atoms with Gasteiger partial charge in [0.15, 0.2) is 5.82 Å². The van der Waals surface area contributed by atoms with E-state index >= 15 is 0 Å². The zero-order valence-corrected chi connectivity index (χ0v) is 9.39. The third-order valence-electron chi connectivity index (χ3n) is 1.60. The first-order chi connectivity index (χ1) is 6.66. The molecule has 0 fully saturated rings. The molecule has 2 aromatic rings. The van der Waals surface area contributed by atoms with E-state index in [2.05, 4.69) is 20.3 Å². The number of hydrogen-bond donors (Lipinski definition) is 1. The van der Waals surface area contributed by atoms with E-state index in [1.54, 1.807) is 17.9 Å². The predicted octanol–water partition coefficient (Wildman–Crippen LogP) is 0.170. The molecule has 0 saturated carbocycles. The molecule has 0 aliphatic heterocycles. The standard InChI is InChI=1S/C7H6IN5O/c1-13-3-5(11-12-13)6-9-2-4(8)7(14)10-6/h2-3H,1H3,(H,9,10,14). The quantitative estimate of drug-likeness (QED) is 0.762. The molecule has 0 unspecified atom stereocenters. The van der Waals surface area contributed by atoms with Crippen molar-refractivity contribution in [2.45, 2.75) is 0 Å². The summed E-state index contributed by atoms with van der Waals surface area (Å²) >= 11 is 1.92. The molecule has 0 amide bonds. The summed E-state index contributed by atoms with van der Waals surface area (Å²) in [5.41, 5.74) is 0.391. The molecule has 0 saturated heterocycles. The lowest BCUT2D eigenvalue weighted by Gasteiger charge is -1.93. The number of aryl methyl sites for hydroxylation is 1. The number of nitrogens with one attached hydrogen (secondary N) is 1. The maximum absolute atomic E-state index is 11.3. The van der Waals surface area contributed by atoms with Crippen molar-refractivity contribution in [2.75, 3.05) is 0 Å². The first-order valence-electron chi connectivity index (χ1n) is 3.78. The monoisotopic (exact) mass is 303 g/mol. The summed E-state index contributed by atoms with van der Waals surface area (Å²) in [4.78, 5) is 17.9. The van der Waals surface area contributed by atoms with Gasteiger partial charge >= 0.3 is 0 Å². The minimum absolute atomic E-state index is 0.166. The minimum Gasteiger partial charge on any atom is -0.304 e. The Labute approximate surface area is 92.5 Å². The smallest absolute Gasteiger partial charge is 0.264 e. The Morgan fingerprint density at radius 2 is 2.36 bits per heavy atom. The highest BCUT2D eigenvalue weighted by Gasteiger charge is 2.05. The topological polar surface area (TPSA) is 76.5 Å². The van der Waals surface area contributed by atoms with E-state index in [0.29, 0.717) is 15.1 Å². The van der Waals surface area contributed by atoms with Crippen LogP contribution in [0, 0.1) is 3.57 Å². The molecule has 72 valence electrons. The van der Waals surface area contributed by atoms with Gasteiger partial charge in [0.25, 0.3) is 5.56 Å². The van der Waals surface area contributed by atoms with Crippen LogP contribution < -0.4 is 5.56 Å². The van der Waals surface area contributed by atoms with Crippen LogP contribution in [0.25, 0.3) is 11.5 Å². The van der Waals surface area contributed by atoms with Crippen LogP contribution in [0.3, 0.4) is 0 Å². The Kier molecular flexibility index (Phi) is 2.32. The van der Waals surface area contributed by atoms with Gasteiger partial charge in [0.2, 0.25) is 0 Å². The van der Waals surface area contributed by atoms with Crippen molar-refractivity contribution in [3.05, 3.63) is 26.3 Å². The van der Waals surface area contributed by atoms with Crippen molar-refractivity contribution in [3.8, 4) is 11.5 Å². The molecule has 2 heterocycles. The van der Waals surface area contributed by atoms with Crippen molar-refractivity contribution in [1.29, 1.82) is 0 Å². The van der Waals surface area contributed by atoms with Gasteiger partial charge in [-0.3, -0.25) is 9.48 Å². The number of rotatable bonds is 1. The Balaban J connectivity index is 2.53. The summed E-state index contributed by atoms with van der Waals surface area (Å²) in [5.74, 6) is 0.434. The molecule has 0 radical (unpaired) electrons. The molecule has 7 heteroatoms. The average Bonchev–Trinajstić information content (AvgIpc) is 2.57. The van der Waals surface area contributed by atoms with Crippen molar-refractivity contribution in [3.63, 3.8) is 0 Å². The first kappa shape index (κ1) is 9.31. The minimum atomic E-state index is -0.166. The van der Waals surface area contributed by atoms with Gasteiger partial charge < -0.3 is 4.98 Å². The molecule has 2 aromatic heterocycles. The van der Waals surface area contributed by atoms with E-state index in [4.69, 9.17) is 0 Å². The molecule has 0 spiro atoms. The van der Waals surface area contributed by atoms with Crippen molar-refractivity contribution in [2.24, 2.45) is 7.05 Å². The van der Waals surface area contributed by atoms with E-state index in [0.717, 1.165) is 0 Å². The lowest BCUT2D eigenvalue weighted by atomic mass is 10.4. The predicted molar refractivity (Wildman–Crippen MR) is 57.6 cm³/mol. The maximum atomic E-state index is 11.3. The molecule has 6 nitrogen and oxygen atoms in total. The third-order valence-corrected chi connectivity index (χ3v) is 2.37. The molecule has 0 atom stereocenters. The van der Waals surface area contributed by atoms with Crippen LogP contribution in [-0.2, 0) is 7.05 Å². The second kappa shape index (κ2) is 3.48. The SMILES string of the molecule is Cn1cc(-c2ncc(I)c(=O)[nH]2)nn1. The summed E-state index contributed by atoms with van der Waals surface area (Å²) < 4.78 is 2.10. The van der Waals surface area contributed by atoms with Gasteiger partial charge in [0, 0.05) is 13.2 Å². The van der Waals surface area contributed by atoms with Gasteiger partial charge in [-0.15, -0.1) is 5.10 Å². The fraction of sp³-hybridized carbons (Fsp3) is 0.143. The number of hydrogen-bond acceptors (Lipinski definition) is 4. The Morgan fingerprint density at radius 3 is 2.93 bits per heavy atom. The van der Waals surface area contributed by atoms with E-state index in [-0.39, 0.29) is 5.56 Å². The third kappa shape index (κ3) is 1.67. The molecule has 0 bridgehead atoms. The van der Waals surface area contributed by atoms with Crippen LogP contribution in [-0.4, -0.2) is 25.0 Å². The van der Waals surface area contributed by atoms with Gasteiger partial charge in [-0.05, 0) is 22.6 Å². The Morgan fingerprint density at radius 1 is 1.57 bits per heavy atom. The highest BCUT2D eigenvalue weighted by atomic mass is 127. The molecule has 0 aromatic carbocycles. The van der Waals surface area contributed by atoms with E-state index in [1.165, 1.54) is 6.20 Å². The number of nitrogens with zero attached hydrogens (tertiary/aromatic N) is 4. The molecular formula is C7H6IN5O. The summed E-state index contributed by atoms with van der Waals surface area (Å²) in [6.45, 7) is 0. The van der Waals surface area contributed by atoms with Crippen LogP contribution in [0.2, 0.25) is 0 Å². The van der Waals surface area contributed by atoms with Gasteiger partial charge in [-0.1, -0.05) is 5.21 Å². The number of H-pyrrole nitrogens is 1. The maximum Gasteiger partial charge on any atom is 0.264 e.